The van der Waals surface area contributed by atoms with Gasteiger partial charge in [0.2, 0.25) is 5.91 Å². The largest absolute Gasteiger partial charge is 0.354 e. The number of aryl methyl sites for hydroxylation is 1. The van der Waals surface area contributed by atoms with E-state index in [1.165, 1.54) is 0 Å². The van der Waals surface area contributed by atoms with Crippen LogP contribution in [-0.2, 0) is 4.79 Å². The van der Waals surface area contributed by atoms with E-state index < -0.39 is 0 Å². The summed E-state index contributed by atoms with van der Waals surface area (Å²) < 4.78 is 0. The zero-order valence-electron chi connectivity index (χ0n) is 11.8. The number of carbonyl (C=O) groups excluding carboxylic acids is 2. The average Bonchev–Trinajstić information content (AvgIpc) is 2.73. The van der Waals surface area contributed by atoms with Crippen LogP contribution in [0.4, 0.5) is 4.79 Å². The number of hydrogen-bond donors (Lipinski definition) is 2. The number of carbonyl (C=O) groups is 2. The van der Waals surface area contributed by atoms with Crippen molar-refractivity contribution in [2.45, 2.75) is 26.2 Å². The van der Waals surface area contributed by atoms with Crippen molar-refractivity contribution >= 4 is 23.3 Å². The van der Waals surface area contributed by atoms with Gasteiger partial charge in [0.1, 0.15) is 6.54 Å². The molecule has 1 aliphatic heterocycles. The average molecular weight is 296 g/mol. The molecule has 0 aliphatic carbocycles. The summed E-state index contributed by atoms with van der Waals surface area (Å²) in [5.41, 5.74) is 1.01. The maximum Gasteiger partial charge on any atom is 0.317 e. The second-order valence-corrected chi connectivity index (χ2v) is 5.93. The number of rotatable bonds is 3. The van der Waals surface area contributed by atoms with Crippen LogP contribution in [0.2, 0.25) is 0 Å². The number of nitrogens with zero attached hydrogens (tertiary/aromatic N) is 2. The van der Waals surface area contributed by atoms with Crippen molar-refractivity contribution in [3.8, 4) is 0 Å². The molecule has 2 rings (SSSR count). The van der Waals surface area contributed by atoms with E-state index in [0.29, 0.717) is 19.6 Å². The summed E-state index contributed by atoms with van der Waals surface area (Å²) in [7, 11) is 0. The molecule has 110 valence electrons. The van der Waals surface area contributed by atoms with E-state index in [1.54, 1.807) is 16.2 Å². The standard InChI is InChI=1S/C13H20N4O2S/c1-9(12-16-10(2)8-20-12)6-15-13(19)17-5-3-4-14-11(18)7-17/h8-9H,3-7H2,1-2H3,(H,14,18)(H,15,19). The molecule has 1 unspecified atom stereocenters. The van der Waals surface area contributed by atoms with E-state index in [1.807, 2.05) is 19.2 Å². The molecule has 20 heavy (non-hydrogen) atoms. The van der Waals surface area contributed by atoms with E-state index in [9.17, 15) is 9.59 Å². The third-order valence-electron chi connectivity index (χ3n) is 3.17. The van der Waals surface area contributed by atoms with E-state index in [-0.39, 0.29) is 24.4 Å². The third-order valence-corrected chi connectivity index (χ3v) is 4.36. The molecule has 3 amide bonds. The van der Waals surface area contributed by atoms with Crippen molar-refractivity contribution < 1.29 is 9.59 Å². The number of thiazole rings is 1. The van der Waals surface area contributed by atoms with Crippen LogP contribution >= 0.6 is 11.3 Å². The van der Waals surface area contributed by atoms with Crippen molar-refractivity contribution in [2.75, 3.05) is 26.2 Å². The second kappa shape index (κ2) is 6.69. The highest BCUT2D eigenvalue weighted by Crippen LogP contribution is 2.18. The molecule has 0 radical (unpaired) electrons. The fraction of sp³-hybridized carbons (Fsp3) is 0.615. The molecule has 1 atom stereocenters. The number of nitrogens with one attached hydrogen (secondary N) is 2. The van der Waals surface area contributed by atoms with Gasteiger partial charge in [-0.1, -0.05) is 6.92 Å². The molecule has 1 fully saturated rings. The molecule has 1 aromatic heterocycles. The smallest absolute Gasteiger partial charge is 0.317 e. The molecular formula is C13H20N4O2S. The Morgan fingerprint density at radius 2 is 2.45 bits per heavy atom. The predicted octanol–water partition coefficient (Wildman–Crippen LogP) is 1.09. The molecule has 2 N–H and O–H groups in total. The van der Waals surface area contributed by atoms with E-state index in [0.717, 1.165) is 17.1 Å². The Labute approximate surface area is 122 Å². The summed E-state index contributed by atoms with van der Waals surface area (Å²) in [6.45, 7) is 5.90. The van der Waals surface area contributed by atoms with Crippen molar-refractivity contribution in [2.24, 2.45) is 0 Å². The first-order chi connectivity index (χ1) is 9.56. The van der Waals surface area contributed by atoms with Crippen LogP contribution in [0.3, 0.4) is 0 Å². The lowest BCUT2D eigenvalue weighted by atomic mass is 10.2. The molecule has 0 bridgehead atoms. The van der Waals surface area contributed by atoms with Gasteiger partial charge in [-0.25, -0.2) is 9.78 Å². The highest BCUT2D eigenvalue weighted by atomic mass is 32.1. The van der Waals surface area contributed by atoms with Crippen molar-refractivity contribution in [3.05, 3.63) is 16.1 Å². The molecule has 7 heteroatoms. The molecule has 0 aromatic carbocycles. The third kappa shape index (κ3) is 3.93. The van der Waals surface area contributed by atoms with Crippen LogP contribution in [0.15, 0.2) is 5.38 Å². The first-order valence-electron chi connectivity index (χ1n) is 6.77. The van der Waals surface area contributed by atoms with Gasteiger partial charge in [-0.2, -0.15) is 0 Å². The minimum absolute atomic E-state index is 0.0961. The number of aromatic nitrogens is 1. The minimum atomic E-state index is -0.179. The van der Waals surface area contributed by atoms with Crippen LogP contribution in [0, 0.1) is 6.92 Å². The molecular weight excluding hydrogens is 276 g/mol. The minimum Gasteiger partial charge on any atom is -0.354 e. The summed E-state index contributed by atoms with van der Waals surface area (Å²) in [5, 5.41) is 8.67. The molecule has 0 saturated carbocycles. The Kier molecular flexibility index (Phi) is 4.94. The van der Waals surface area contributed by atoms with Gasteiger partial charge >= 0.3 is 6.03 Å². The summed E-state index contributed by atoms with van der Waals surface area (Å²) in [6.07, 6.45) is 0.792. The molecule has 0 spiro atoms. The Hall–Kier alpha value is -1.63. The van der Waals surface area contributed by atoms with Gasteiger partial charge in [-0.05, 0) is 13.3 Å². The van der Waals surface area contributed by atoms with Gasteiger partial charge in [-0.15, -0.1) is 11.3 Å². The number of urea groups is 1. The Balaban J connectivity index is 1.83. The SMILES string of the molecule is Cc1csc(C(C)CNC(=O)N2CCCNC(=O)C2)n1. The summed E-state index contributed by atoms with van der Waals surface area (Å²) in [6, 6.07) is -0.179. The summed E-state index contributed by atoms with van der Waals surface area (Å²) in [4.78, 5) is 29.4. The van der Waals surface area contributed by atoms with Gasteiger partial charge in [0.25, 0.3) is 0 Å². The highest BCUT2D eigenvalue weighted by Gasteiger charge is 2.20. The zero-order valence-corrected chi connectivity index (χ0v) is 12.6. The zero-order chi connectivity index (χ0) is 14.5. The Bertz CT molecular complexity index is 488. The van der Waals surface area contributed by atoms with E-state index in [4.69, 9.17) is 0 Å². The molecule has 2 heterocycles. The Morgan fingerprint density at radius 1 is 1.65 bits per heavy atom. The van der Waals surface area contributed by atoms with Crippen LogP contribution in [0.1, 0.15) is 30.0 Å². The maximum absolute atomic E-state index is 12.1. The lowest BCUT2D eigenvalue weighted by molar-refractivity contribution is -0.121. The van der Waals surface area contributed by atoms with Crippen molar-refractivity contribution in [3.63, 3.8) is 0 Å². The van der Waals surface area contributed by atoms with Gasteiger partial charge in [0, 0.05) is 36.6 Å². The van der Waals surface area contributed by atoms with Gasteiger partial charge in [0.05, 0.1) is 5.01 Å². The first kappa shape index (κ1) is 14.8. The van der Waals surface area contributed by atoms with E-state index in [2.05, 4.69) is 15.6 Å². The van der Waals surface area contributed by atoms with Gasteiger partial charge in [0.15, 0.2) is 0 Å². The highest BCUT2D eigenvalue weighted by molar-refractivity contribution is 7.09. The van der Waals surface area contributed by atoms with Crippen LogP contribution in [0.25, 0.3) is 0 Å². The number of amides is 3. The lowest BCUT2D eigenvalue weighted by Crippen LogP contribution is -2.44. The van der Waals surface area contributed by atoms with Gasteiger partial charge in [-0.3, -0.25) is 4.79 Å². The Morgan fingerprint density at radius 3 is 3.15 bits per heavy atom. The second-order valence-electron chi connectivity index (χ2n) is 5.04. The van der Waals surface area contributed by atoms with Crippen molar-refractivity contribution in [1.29, 1.82) is 0 Å². The number of hydrogen-bond acceptors (Lipinski definition) is 4. The fourth-order valence-electron chi connectivity index (χ4n) is 2.02. The van der Waals surface area contributed by atoms with Crippen LogP contribution in [-0.4, -0.2) is 48.0 Å². The van der Waals surface area contributed by atoms with Crippen LogP contribution < -0.4 is 10.6 Å². The molecule has 1 saturated heterocycles. The van der Waals surface area contributed by atoms with Gasteiger partial charge < -0.3 is 15.5 Å². The first-order valence-corrected chi connectivity index (χ1v) is 7.65. The van der Waals surface area contributed by atoms with E-state index >= 15 is 0 Å². The molecule has 1 aliphatic rings. The van der Waals surface area contributed by atoms with Crippen molar-refractivity contribution in [1.82, 2.24) is 20.5 Å². The fourth-order valence-corrected chi connectivity index (χ4v) is 2.87. The summed E-state index contributed by atoms with van der Waals surface area (Å²) in [5.74, 6) is 0.0831. The molecule has 6 nitrogen and oxygen atoms in total. The topological polar surface area (TPSA) is 74.3 Å². The monoisotopic (exact) mass is 296 g/mol. The maximum atomic E-state index is 12.1. The normalized spacial score (nSPS) is 17.3. The summed E-state index contributed by atoms with van der Waals surface area (Å²) >= 11 is 1.61. The quantitative estimate of drug-likeness (QED) is 0.876. The predicted molar refractivity (Wildman–Crippen MR) is 77.9 cm³/mol. The van der Waals surface area contributed by atoms with Crippen LogP contribution in [0.5, 0.6) is 0 Å². The lowest BCUT2D eigenvalue weighted by Gasteiger charge is -2.20. The molecule has 1 aromatic rings.